The van der Waals surface area contributed by atoms with Crippen molar-refractivity contribution in [1.29, 1.82) is 0 Å². The SMILES string of the molecule is O=C(CN1C(=O)/C(=C/C=C/c2ccccc2)SC1=S)NNS(=O)(=O)c1ccccc1. The van der Waals surface area contributed by atoms with Crippen LogP contribution >= 0.6 is 24.0 Å². The van der Waals surface area contributed by atoms with Crippen LogP contribution in [0.1, 0.15) is 5.56 Å². The van der Waals surface area contributed by atoms with E-state index in [0.717, 1.165) is 22.2 Å². The summed E-state index contributed by atoms with van der Waals surface area (Å²) in [5, 5.41) is 0. The summed E-state index contributed by atoms with van der Waals surface area (Å²) in [5.41, 5.74) is 3.08. The summed E-state index contributed by atoms with van der Waals surface area (Å²) in [7, 11) is -3.91. The number of hydrogen-bond donors (Lipinski definition) is 2. The summed E-state index contributed by atoms with van der Waals surface area (Å²) in [4.78, 5) is 28.2. The van der Waals surface area contributed by atoms with E-state index in [9.17, 15) is 18.0 Å². The van der Waals surface area contributed by atoms with Gasteiger partial charge in [-0.3, -0.25) is 19.9 Å². The number of nitrogens with zero attached hydrogens (tertiary/aromatic N) is 1. The third-order valence-corrected chi connectivity index (χ3v) is 6.55. The highest BCUT2D eigenvalue weighted by atomic mass is 32.2. The molecule has 2 aromatic carbocycles. The molecule has 0 bridgehead atoms. The van der Waals surface area contributed by atoms with Crippen molar-refractivity contribution in [2.24, 2.45) is 0 Å². The molecule has 0 aliphatic carbocycles. The van der Waals surface area contributed by atoms with Crippen molar-refractivity contribution >= 4 is 56.2 Å². The summed E-state index contributed by atoms with van der Waals surface area (Å²) in [6.07, 6.45) is 5.20. The van der Waals surface area contributed by atoms with Gasteiger partial charge in [-0.05, 0) is 23.8 Å². The van der Waals surface area contributed by atoms with Crippen LogP contribution in [-0.2, 0) is 19.6 Å². The molecule has 1 aliphatic rings. The number of thiocarbonyl (C=S) groups is 1. The standard InChI is InChI=1S/C20H17N3O4S3/c24-18(21-22-30(26,27)16-11-5-2-6-12-16)14-23-19(25)17(29-20(23)28)13-7-10-15-8-3-1-4-9-15/h1-13,22H,14H2,(H,21,24)/b10-7+,17-13-. The van der Waals surface area contributed by atoms with Crippen LogP contribution in [0.3, 0.4) is 0 Å². The average molecular weight is 460 g/mol. The first-order valence-electron chi connectivity index (χ1n) is 8.69. The lowest BCUT2D eigenvalue weighted by molar-refractivity contribution is -0.129. The number of amides is 2. The molecule has 3 rings (SSSR count). The predicted octanol–water partition coefficient (Wildman–Crippen LogP) is 2.45. The molecule has 1 aliphatic heterocycles. The Morgan fingerprint density at radius 3 is 2.37 bits per heavy atom. The normalized spacial score (nSPS) is 15.9. The minimum Gasteiger partial charge on any atom is -0.283 e. The van der Waals surface area contributed by atoms with E-state index in [4.69, 9.17) is 12.2 Å². The number of hydrazine groups is 1. The minimum atomic E-state index is -3.91. The molecule has 0 radical (unpaired) electrons. The van der Waals surface area contributed by atoms with E-state index < -0.39 is 28.4 Å². The maximum atomic E-state index is 12.5. The number of carbonyl (C=O) groups excluding carboxylic acids is 2. The molecule has 2 aromatic rings. The Kier molecular flexibility index (Phi) is 7.16. The second kappa shape index (κ2) is 9.81. The monoisotopic (exact) mass is 459 g/mol. The fourth-order valence-electron chi connectivity index (χ4n) is 2.43. The molecule has 0 saturated carbocycles. The van der Waals surface area contributed by atoms with Crippen LogP contribution in [0.5, 0.6) is 0 Å². The Morgan fingerprint density at radius 2 is 1.70 bits per heavy atom. The minimum absolute atomic E-state index is 0.00375. The Labute approximate surface area is 183 Å². The molecule has 7 nitrogen and oxygen atoms in total. The maximum Gasteiger partial charge on any atom is 0.266 e. The Balaban J connectivity index is 1.58. The number of sulfonamides is 1. The molecule has 0 spiro atoms. The highest BCUT2D eigenvalue weighted by Crippen LogP contribution is 2.30. The fourth-order valence-corrected chi connectivity index (χ4v) is 4.52. The van der Waals surface area contributed by atoms with E-state index in [1.807, 2.05) is 41.2 Å². The zero-order valence-corrected chi connectivity index (χ0v) is 18.0. The molecule has 10 heteroatoms. The second-order valence-corrected chi connectivity index (χ2v) is 9.38. The van der Waals surface area contributed by atoms with Gasteiger partial charge in [0.25, 0.3) is 21.8 Å². The molecule has 1 saturated heterocycles. The first kappa shape index (κ1) is 21.9. The largest absolute Gasteiger partial charge is 0.283 e. The van der Waals surface area contributed by atoms with Crippen molar-refractivity contribution in [3.63, 3.8) is 0 Å². The molecular weight excluding hydrogens is 442 g/mol. The zero-order chi connectivity index (χ0) is 21.6. The van der Waals surface area contributed by atoms with E-state index in [-0.39, 0.29) is 9.22 Å². The fraction of sp³-hybridized carbons (Fsp3) is 0.0500. The predicted molar refractivity (Wildman–Crippen MR) is 120 cm³/mol. The molecule has 0 aromatic heterocycles. The van der Waals surface area contributed by atoms with E-state index in [2.05, 4.69) is 5.43 Å². The molecule has 30 heavy (non-hydrogen) atoms. The highest BCUT2D eigenvalue weighted by molar-refractivity contribution is 8.26. The van der Waals surface area contributed by atoms with Crippen molar-refractivity contribution in [2.75, 3.05) is 6.54 Å². The first-order chi connectivity index (χ1) is 14.4. The van der Waals surface area contributed by atoms with Crippen LogP contribution in [0, 0.1) is 0 Å². The number of nitrogens with one attached hydrogen (secondary N) is 2. The van der Waals surface area contributed by atoms with Gasteiger partial charge in [0.05, 0.1) is 9.80 Å². The van der Waals surface area contributed by atoms with Crippen molar-refractivity contribution in [1.82, 2.24) is 15.2 Å². The molecule has 2 amide bonds. The van der Waals surface area contributed by atoms with Crippen molar-refractivity contribution in [3.05, 3.63) is 83.3 Å². The van der Waals surface area contributed by atoms with Crippen molar-refractivity contribution in [3.8, 4) is 0 Å². The van der Waals surface area contributed by atoms with Gasteiger partial charge < -0.3 is 0 Å². The van der Waals surface area contributed by atoms with Gasteiger partial charge in [-0.2, -0.15) is 0 Å². The molecular formula is C20H17N3O4S3. The van der Waals surface area contributed by atoms with E-state index in [1.165, 1.54) is 12.1 Å². The van der Waals surface area contributed by atoms with Crippen molar-refractivity contribution < 1.29 is 18.0 Å². The average Bonchev–Trinajstić information content (AvgIpc) is 3.01. The van der Waals surface area contributed by atoms with Crippen LogP contribution in [-0.4, -0.2) is 36.0 Å². The van der Waals surface area contributed by atoms with E-state index in [0.29, 0.717) is 4.91 Å². The van der Waals surface area contributed by atoms with Gasteiger partial charge in [0, 0.05) is 0 Å². The van der Waals surface area contributed by atoms with E-state index >= 15 is 0 Å². The molecule has 0 unspecified atom stereocenters. The number of allylic oxidation sites excluding steroid dienone is 2. The van der Waals surface area contributed by atoms with E-state index in [1.54, 1.807) is 30.4 Å². The number of thioether (sulfide) groups is 1. The summed E-state index contributed by atoms with van der Waals surface area (Å²) in [6.45, 7) is -0.401. The Bertz CT molecular complexity index is 1110. The van der Waals surface area contributed by atoms with Gasteiger partial charge in [0.15, 0.2) is 0 Å². The summed E-state index contributed by atoms with van der Waals surface area (Å²) in [6, 6.07) is 17.2. The number of benzene rings is 2. The van der Waals surface area contributed by atoms with Gasteiger partial charge in [-0.1, -0.05) is 84.7 Å². The third-order valence-electron chi connectivity index (χ3n) is 3.89. The van der Waals surface area contributed by atoms with Gasteiger partial charge in [0.1, 0.15) is 10.9 Å². The lowest BCUT2D eigenvalue weighted by Gasteiger charge is -2.14. The first-order valence-corrected chi connectivity index (χ1v) is 11.4. The highest BCUT2D eigenvalue weighted by Gasteiger charge is 2.33. The molecule has 1 fully saturated rings. The van der Waals surface area contributed by atoms with Crippen LogP contribution in [0.2, 0.25) is 0 Å². The van der Waals surface area contributed by atoms with Crippen LogP contribution < -0.4 is 10.3 Å². The second-order valence-electron chi connectivity index (χ2n) is 6.03. The number of rotatable bonds is 7. The summed E-state index contributed by atoms with van der Waals surface area (Å²) in [5.74, 6) is -1.13. The molecule has 1 heterocycles. The topological polar surface area (TPSA) is 95.6 Å². The van der Waals surface area contributed by atoms with Crippen LogP contribution in [0.25, 0.3) is 6.08 Å². The van der Waals surface area contributed by atoms with Gasteiger partial charge in [0.2, 0.25) is 0 Å². The Morgan fingerprint density at radius 1 is 1.07 bits per heavy atom. The summed E-state index contributed by atoms with van der Waals surface area (Å²) >= 11 is 6.25. The zero-order valence-electron chi connectivity index (χ0n) is 15.5. The maximum absolute atomic E-state index is 12.5. The van der Waals surface area contributed by atoms with Crippen molar-refractivity contribution in [2.45, 2.75) is 4.90 Å². The lowest BCUT2D eigenvalue weighted by Crippen LogP contribution is -2.47. The number of hydrogen-bond acceptors (Lipinski definition) is 6. The number of carbonyl (C=O) groups is 2. The smallest absolute Gasteiger partial charge is 0.266 e. The van der Waals surface area contributed by atoms with Gasteiger partial charge in [-0.25, -0.2) is 8.42 Å². The van der Waals surface area contributed by atoms with Gasteiger partial charge >= 0.3 is 0 Å². The Hall–Kier alpha value is -2.79. The van der Waals surface area contributed by atoms with Gasteiger partial charge in [-0.15, -0.1) is 4.83 Å². The summed E-state index contributed by atoms with van der Waals surface area (Å²) < 4.78 is 24.5. The van der Waals surface area contributed by atoms with Crippen LogP contribution in [0.15, 0.2) is 82.6 Å². The molecule has 154 valence electrons. The molecule has 2 N–H and O–H groups in total. The molecule has 0 atom stereocenters. The van der Waals surface area contributed by atoms with Crippen LogP contribution in [0.4, 0.5) is 0 Å². The lowest BCUT2D eigenvalue weighted by atomic mass is 10.2. The quantitative estimate of drug-likeness (QED) is 0.375. The third kappa shape index (κ3) is 5.63.